The molecule has 0 aliphatic carbocycles. The summed E-state index contributed by atoms with van der Waals surface area (Å²) >= 11 is 1.48. The zero-order valence-electron chi connectivity index (χ0n) is 11.3. The number of carboxylic acid groups (broad SMARTS) is 1. The maximum absolute atomic E-state index is 11.9. The second-order valence-corrected chi connectivity index (χ2v) is 5.94. The summed E-state index contributed by atoms with van der Waals surface area (Å²) in [5.41, 5.74) is -1.66. The molecule has 1 atom stereocenters. The molecule has 0 aliphatic rings. The highest BCUT2D eigenvalue weighted by Gasteiger charge is 2.37. The largest absolute Gasteiger partial charge is 0.549 e. The van der Waals surface area contributed by atoms with E-state index in [1.807, 2.05) is 30.3 Å². The van der Waals surface area contributed by atoms with E-state index in [2.05, 4.69) is 0 Å². The quantitative estimate of drug-likeness (QED) is 0.622. The fourth-order valence-corrected chi connectivity index (χ4v) is 3.21. The van der Waals surface area contributed by atoms with E-state index in [1.165, 1.54) is 18.3 Å². The van der Waals surface area contributed by atoms with Crippen LogP contribution in [0.3, 0.4) is 0 Å². The van der Waals surface area contributed by atoms with Gasteiger partial charge < -0.3 is 14.6 Å². The third-order valence-corrected chi connectivity index (χ3v) is 4.30. The highest BCUT2D eigenvalue weighted by Crippen LogP contribution is 2.31. The lowest BCUT2D eigenvalue weighted by Gasteiger charge is -2.27. The lowest BCUT2D eigenvalue weighted by atomic mass is 9.86. The predicted molar refractivity (Wildman–Crippen MR) is 75.3 cm³/mol. The van der Waals surface area contributed by atoms with Gasteiger partial charge in [0.15, 0.2) is 0 Å². The van der Waals surface area contributed by atoms with E-state index < -0.39 is 17.4 Å². The number of ether oxygens (including phenoxy) is 1. The Kier molecular flexibility index (Phi) is 4.09. The van der Waals surface area contributed by atoms with Gasteiger partial charge >= 0.3 is 5.97 Å². The molecule has 1 aromatic carbocycles. The molecule has 0 saturated carbocycles. The summed E-state index contributed by atoms with van der Waals surface area (Å²) < 4.78 is 5.92. The maximum atomic E-state index is 11.9. The van der Waals surface area contributed by atoms with E-state index in [4.69, 9.17) is 4.74 Å². The first-order valence-electron chi connectivity index (χ1n) is 6.33. The molecule has 0 N–H and O–H groups in total. The van der Waals surface area contributed by atoms with Gasteiger partial charge in [-0.15, -0.1) is 11.3 Å². The van der Waals surface area contributed by atoms with Crippen molar-refractivity contribution in [2.24, 2.45) is 5.41 Å². The summed E-state index contributed by atoms with van der Waals surface area (Å²) in [6.45, 7) is 3.14. The highest BCUT2D eigenvalue weighted by molar-refractivity contribution is 7.19. The molecular weight excluding hydrogens is 276 g/mol. The van der Waals surface area contributed by atoms with Crippen LogP contribution in [0.1, 0.15) is 18.7 Å². The molecule has 20 heavy (non-hydrogen) atoms. The fraction of sp³-hybridized carbons (Fsp3) is 0.333. The molecule has 2 rings (SSSR count). The second-order valence-electron chi connectivity index (χ2n) is 4.77. The molecule has 0 aliphatic heterocycles. The van der Waals surface area contributed by atoms with Crippen LogP contribution in [0.15, 0.2) is 30.3 Å². The second kappa shape index (κ2) is 5.63. The summed E-state index contributed by atoms with van der Waals surface area (Å²) in [5, 5.41) is 12.4. The van der Waals surface area contributed by atoms with Gasteiger partial charge in [-0.1, -0.05) is 18.2 Å². The number of carboxylic acids is 1. The Morgan fingerprint density at radius 2 is 2.05 bits per heavy atom. The Bertz CT molecular complexity index is 613. The van der Waals surface area contributed by atoms with Gasteiger partial charge in [-0.3, -0.25) is 4.79 Å². The van der Waals surface area contributed by atoms with Crippen molar-refractivity contribution in [2.45, 2.75) is 20.3 Å². The molecule has 0 saturated heterocycles. The van der Waals surface area contributed by atoms with E-state index in [9.17, 15) is 14.7 Å². The number of fused-ring (bicyclic) bond motifs is 1. The normalized spacial score (nSPS) is 13.9. The minimum absolute atomic E-state index is 0.0769. The van der Waals surface area contributed by atoms with Crippen LogP contribution in [0.2, 0.25) is 0 Å². The van der Waals surface area contributed by atoms with Crippen molar-refractivity contribution >= 4 is 33.4 Å². The lowest BCUT2D eigenvalue weighted by Crippen LogP contribution is -2.48. The Hall–Kier alpha value is -1.88. The molecule has 106 valence electrons. The van der Waals surface area contributed by atoms with Crippen molar-refractivity contribution in [1.29, 1.82) is 0 Å². The minimum Gasteiger partial charge on any atom is -0.549 e. The summed E-state index contributed by atoms with van der Waals surface area (Å²) in [6, 6.07) is 9.66. The number of hydrogen-bond acceptors (Lipinski definition) is 5. The van der Waals surface area contributed by atoms with Crippen LogP contribution in [-0.4, -0.2) is 18.5 Å². The standard InChI is InChI=1S/C15H16O4S/c1-3-19-14(18)15(2,13(16)17)9-11-8-10-6-4-5-7-12(10)20-11/h4-8H,3,9H2,1-2H3,(H,16,17)/p-1. The van der Waals surface area contributed by atoms with Crippen LogP contribution in [0.25, 0.3) is 10.1 Å². The van der Waals surface area contributed by atoms with Crippen molar-refractivity contribution in [2.75, 3.05) is 6.61 Å². The number of benzene rings is 1. The number of hydrogen-bond donors (Lipinski definition) is 0. The predicted octanol–water partition coefficient (Wildman–Crippen LogP) is 1.76. The lowest BCUT2D eigenvalue weighted by molar-refractivity contribution is -0.317. The average Bonchev–Trinajstić information content (AvgIpc) is 2.80. The van der Waals surface area contributed by atoms with Crippen LogP contribution in [-0.2, 0) is 20.7 Å². The molecule has 0 bridgehead atoms. The number of carbonyl (C=O) groups excluding carboxylic acids is 2. The van der Waals surface area contributed by atoms with Crippen molar-refractivity contribution < 1.29 is 19.4 Å². The van der Waals surface area contributed by atoms with Crippen LogP contribution in [0.4, 0.5) is 0 Å². The third kappa shape index (κ3) is 2.67. The summed E-state index contributed by atoms with van der Waals surface area (Å²) in [4.78, 5) is 24.1. The van der Waals surface area contributed by atoms with Gasteiger partial charge in [0.05, 0.1) is 12.6 Å². The minimum atomic E-state index is -1.66. The number of thiophene rings is 1. The number of aliphatic carboxylic acids is 1. The Balaban J connectivity index is 2.32. The molecule has 1 aromatic heterocycles. The first-order chi connectivity index (χ1) is 9.47. The molecule has 0 fully saturated rings. The Labute approximate surface area is 121 Å². The molecule has 1 heterocycles. The Morgan fingerprint density at radius 1 is 1.35 bits per heavy atom. The summed E-state index contributed by atoms with van der Waals surface area (Å²) in [5.74, 6) is -2.16. The van der Waals surface area contributed by atoms with Gasteiger partial charge in [-0.2, -0.15) is 0 Å². The first kappa shape index (κ1) is 14.5. The van der Waals surface area contributed by atoms with E-state index in [-0.39, 0.29) is 13.0 Å². The van der Waals surface area contributed by atoms with Crippen LogP contribution < -0.4 is 5.11 Å². The average molecular weight is 291 g/mol. The molecular formula is C15H15O4S-. The topological polar surface area (TPSA) is 66.4 Å². The smallest absolute Gasteiger partial charge is 0.317 e. The number of rotatable bonds is 5. The van der Waals surface area contributed by atoms with E-state index in [0.717, 1.165) is 15.0 Å². The zero-order chi connectivity index (χ0) is 14.8. The highest BCUT2D eigenvalue weighted by atomic mass is 32.1. The van der Waals surface area contributed by atoms with Crippen LogP contribution in [0, 0.1) is 5.41 Å². The van der Waals surface area contributed by atoms with Gasteiger partial charge in [0.2, 0.25) is 0 Å². The van der Waals surface area contributed by atoms with Crippen LogP contribution in [0.5, 0.6) is 0 Å². The van der Waals surface area contributed by atoms with Gasteiger partial charge in [0.25, 0.3) is 0 Å². The van der Waals surface area contributed by atoms with Crippen molar-refractivity contribution in [3.8, 4) is 0 Å². The zero-order valence-corrected chi connectivity index (χ0v) is 12.2. The SMILES string of the molecule is CCOC(=O)C(C)(Cc1cc2ccccc2s1)C(=O)[O-]. The maximum Gasteiger partial charge on any atom is 0.317 e. The van der Waals surface area contributed by atoms with Gasteiger partial charge in [-0.25, -0.2) is 0 Å². The summed E-state index contributed by atoms with van der Waals surface area (Å²) in [7, 11) is 0. The van der Waals surface area contributed by atoms with E-state index in [0.29, 0.717) is 0 Å². The molecule has 0 radical (unpaired) electrons. The van der Waals surface area contributed by atoms with Gasteiger partial charge in [0, 0.05) is 16.0 Å². The van der Waals surface area contributed by atoms with Gasteiger partial charge in [0.1, 0.15) is 5.41 Å². The van der Waals surface area contributed by atoms with Crippen molar-refractivity contribution in [3.63, 3.8) is 0 Å². The summed E-state index contributed by atoms with van der Waals surface area (Å²) in [6.07, 6.45) is 0.0769. The molecule has 0 amide bonds. The molecule has 0 spiro atoms. The Morgan fingerprint density at radius 3 is 2.65 bits per heavy atom. The first-order valence-corrected chi connectivity index (χ1v) is 7.15. The molecule has 2 aromatic rings. The monoisotopic (exact) mass is 291 g/mol. The molecule has 4 nitrogen and oxygen atoms in total. The van der Waals surface area contributed by atoms with E-state index in [1.54, 1.807) is 6.92 Å². The molecule has 5 heteroatoms. The van der Waals surface area contributed by atoms with Gasteiger partial charge in [-0.05, 0) is 31.4 Å². The number of carbonyl (C=O) groups is 2. The third-order valence-electron chi connectivity index (χ3n) is 3.18. The van der Waals surface area contributed by atoms with E-state index >= 15 is 0 Å². The van der Waals surface area contributed by atoms with Crippen LogP contribution >= 0.6 is 11.3 Å². The molecule has 1 unspecified atom stereocenters. The van der Waals surface area contributed by atoms with Crippen molar-refractivity contribution in [1.82, 2.24) is 0 Å². The fourth-order valence-electron chi connectivity index (χ4n) is 1.99. The number of esters is 1. The van der Waals surface area contributed by atoms with Crippen molar-refractivity contribution in [3.05, 3.63) is 35.2 Å².